The molecule has 0 aliphatic carbocycles. The number of benzene rings is 3. The Kier molecular flexibility index (Phi) is 14.2. The van der Waals surface area contributed by atoms with Crippen molar-refractivity contribution in [3.63, 3.8) is 0 Å². The zero-order valence-electron chi connectivity index (χ0n) is 29.6. The van der Waals surface area contributed by atoms with Crippen molar-refractivity contribution in [2.75, 3.05) is 19.8 Å². The molecule has 1 heterocycles. The second kappa shape index (κ2) is 18.5. The minimum Gasteiger partial charge on any atom is -0.507 e. The van der Waals surface area contributed by atoms with E-state index in [1.54, 1.807) is 6.07 Å². The van der Waals surface area contributed by atoms with E-state index in [1.807, 2.05) is 12.1 Å². The van der Waals surface area contributed by atoms with E-state index in [4.69, 9.17) is 24.4 Å². The van der Waals surface area contributed by atoms with E-state index in [0.29, 0.717) is 42.0 Å². The van der Waals surface area contributed by atoms with Crippen molar-refractivity contribution in [1.82, 2.24) is 15.0 Å². The van der Waals surface area contributed by atoms with Gasteiger partial charge in [0.1, 0.15) is 11.5 Å². The maximum atomic E-state index is 11.1. The number of aryl methyl sites for hydroxylation is 4. The molecule has 0 saturated heterocycles. The van der Waals surface area contributed by atoms with Crippen LogP contribution in [0.4, 0.5) is 0 Å². The summed E-state index contributed by atoms with van der Waals surface area (Å²) in [5, 5.41) is 11.1. The fourth-order valence-electron chi connectivity index (χ4n) is 5.92. The summed E-state index contributed by atoms with van der Waals surface area (Å²) >= 11 is 0. The van der Waals surface area contributed by atoms with Crippen molar-refractivity contribution in [3.05, 3.63) is 76.9 Å². The predicted octanol–water partition coefficient (Wildman–Crippen LogP) is 10.8. The summed E-state index contributed by atoms with van der Waals surface area (Å²) in [5.74, 6) is 2.48. The van der Waals surface area contributed by atoms with Crippen molar-refractivity contribution < 1.29 is 14.6 Å². The average Bonchev–Trinajstić information content (AvgIpc) is 3.04. The van der Waals surface area contributed by atoms with Crippen molar-refractivity contribution in [2.45, 2.75) is 106 Å². The van der Waals surface area contributed by atoms with Crippen molar-refractivity contribution >= 4 is 0 Å². The molecule has 0 aliphatic rings. The highest BCUT2D eigenvalue weighted by atomic mass is 16.5. The third-order valence-electron chi connectivity index (χ3n) is 8.67. The van der Waals surface area contributed by atoms with Gasteiger partial charge in [-0.05, 0) is 57.4 Å². The Morgan fingerprint density at radius 1 is 0.596 bits per heavy atom. The number of rotatable bonds is 19. The summed E-state index contributed by atoms with van der Waals surface area (Å²) in [4.78, 5) is 14.6. The molecule has 4 aromatic rings. The topological polar surface area (TPSA) is 77.4 Å². The van der Waals surface area contributed by atoms with Gasteiger partial charge in [-0.3, -0.25) is 0 Å². The molecule has 1 unspecified atom stereocenters. The quantitative estimate of drug-likeness (QED) is 0.103. The second-order valence-electron chi connectivity index (χ2n) is 13.3. The molecule has 0 fully saturated rings. The molecule has 0 aliphatic heterocycles. The zero-order chi connectivity index (χ0) is 33.6. The number of hydrogen-bond donors (Lipinski definition) is 1. The summed E-state index contributed by atoms with van der Waals surface area (Å²) in [6.07, 6.45) is 13.2. The lowest BCUT2D eigenvalue weighted by Gasteiger charge is -2.15. The molecule has 6 heteroatoms. The van der Waals surface area contributed by atoms with Crippen LogP contribution in [0.25, 0.3) is 34.2 Å². The number of aromatic hydroxyl groups is 1. The number of phenols is 1. The van der Waals surface area contributed by atoms with E-state index in [2.05, 4.69) is 77.9 Å². The van der Waals surface area contributed by atoms with Gasteiger partial charge in [-0.1, -0.05) is 119 Å². The summed E-state index contributed by atoms with van der Waals surface area (Å²) in [6, 6.07) is 17.8. The van der Waals surface area contributed by atoms with E-state index in [9.17, 15) is 5.11 Å². The van der Waals surface area contributed by atoms with Crippen LogP contribution >= 0.6 is 0 Å². The molecule has 6 nitrogen and oxygen atoms in total. The summed E-state index contributed by atoms with van der Waals surface area (Å²) in [7, 11) is 0. The van der Waals surface area contributed by atoms with Gasteiger partial charge in [0.2, 0.25) is 0 Å². The number of ether oxygens (including phenoxy) is 2. The monoisotopic (exact) mass is 637 g/mol. The highest BCUT2D eigenvalue weighted by molar-refractivity contribution is 5.72. The number of hydrogen-bond acceptors (Lipinski definition) is 6. The van der Waals surface area contributed by atoms with Crippen molar-refractivity contribution in [3.8, 4) is 45.7 Å². The second-order valence-corrected chi connectivity index (χ2v) is 13.3. The van der Waals surface area contributed by atoms with Gasteiger partial charge in [0.05, 0.1) is 18.8 Å². The van der Waals surface area contributed by atoms with Crippen LogP contribution in [0.1, 0.15) is 100 Å². The maximum Gasteiger partial charge on any atom is 0.167 e. The summed E-state index contributed by atoms with van der Waals surface area (Å²) < 4.78 is 12.0. The molecule has 0 spiro atoms. The van der Waals surface area contributed by atoms with E-state index < -0.39 is 0 Å². The first-order chi connectivity index (χ1) is 22.7. The lowest BCUT2D eigenvalue weighted by molar-refractivity contribution is 0.0822. The van der Waals surface area contributed by atoms with E-state index in [0.717, 1.165) is 35.3 Å². The van der Waals surface area contributed by atoms with E-state index in [1.165, 1.54) is 68.9 Å². The highest BCUT2D eigenvalue weighted by Gasteiger charge is 2.17. The van der Waals surface area contributed by atoms with Crippen LogP contribution in [0.5, 0.6) is 11.5 Å². The fourth-order valence-corrected chi connectivity index (χ4v) is 5.92. The third-order valence-corrected chi connectivity index (χ3v) is 8.67. The van der Waals surface area contributed by atoms with Crippen LogP contribution in [-0.2, 0) is 4.74 Å². The van der Waals surface area contributed by atoms with E-state index in [-0.39, 0.29) is 11.7 Å². The largest absolute Gasteiger partial charge is 0.507 e. The summed E-state index contributed by atoms with van der Waals surface area (Å²) in [5.41, 5.74) is 6.94. The zero-order valence-corrected chi connectivity index (χ0v) is 29.6. The standard InChI is InChI=1S/C41H55N3O3/c1-7-8-9-10-11-12-13-14-15-16-23-46-27-31(4)28-47-34-19-22-37(38(45)26-34)41-43-39(35-20-17-29(2)24-32(35)5)42-40(44-41)36-21-18-30(3)25-33(36)6/h17-22,24-26,31,45H,7-16,23,27-28H2,1-6H3. The first-order valence-electron chi connectivity index (χ1n) is 17.7. The Balaban J connectivity index is 1.35. The molecule has 47 heavy (non-hydrogen) atoms. The minimum atomic E-state index is 0.0664. The molecule has 0 radical (unpaired) electrons. The highest BCUT2D eigenvalue weighted by Crippen LogP contribution is 2.34. The van der Waals surface area contributed by atoms with Crippen LogP contribution in [0, 0.1) is 33.6 Å². The van der Waals surface area contributed by atoms with Crippen molar-refractivity contribution in [1.29, 1.82) is 0 Å². The van der Waals surface area contributed by atoms with Gasteiger partial charge in [0.15, 0.2) is 17.5 Å². The van der Waals surface area contributed by atoms with E-state index >= 15 is 0 Å². The SMILES string of the molecule is CCCCCCCCCCCCOCC(C)COc1ccc(-c2nc(-c3ccc(C)cc3C)nc(-c3ccc(C)cc3C)n2)c(O)c1. The Labute approximate surface area is 283 Å². The molecule has 252 valence electrons. The number of aromatic nitrogens is 3. The van der Waals surface area contributed by atoms with Gasteiger partial charge in [-0.2, -0.15) is 0 Å². The van der Waals surface area contributed by atoms with Gasteiger partial charge in [0, 0.05) is 29.7 Å². The van der Waals surface area contributed by atoms with Gasteiger partial charge in [-0.15, -0.1) is 0 Å². The Bertz CT molecular complexity index is 1500. The predicted molar refractivity (Wildman–Crippen MR) is 194 cm³/mol. The summed E-state index contributed by atoms with van der Waals surface area (Å²) in [6.45, 7) is 14.6. The first-order valence-corrected chi connectivity index (χ1v) is 17.7. The number of nitrogens with zero attached hydrogens (tertiary/aromatic N) is 3. The smallest absolute Gasteiger partial charge is 0.167 e. The first kappa shape index (κ1) is 36.1. The molecular weight excluding hydrogens is 582 g/mol. The Morgan fingerprint density at radius 2 is 1.09 bits per heavy atom. The number of phenolic OH excluding ortho intramolecular Hbond substituents is 1. The maximum absolute atomic E-state index is 11.1. The molecule has 3 aromatic carbocycles. The van der Waals surface area contributed by atoms with Crippen molar-refractivity contribution in [2.24, 2.45) is 5.92 Å². The van der Waals surface area contributed by atoms with Crippen LogP contribution in [0.2, 0.25) is 0 Å². The molecule has 1 atom stereocenters. The Morgan fingerprint density at radius 3 is 1.60 bits per heavy atom. The van der Waals surface area contributed by atoms with Gasteiger partial charge in [0.25, 0.3) is 0 Å². The van der Waals surface area contributed by atoms with Crippen LogP contribution in [-0.4, -0.2) is 39.9 Å². The van der Waals surface area contributed by atoms with Crippen LogP contribution in [0.15, 0.2) is 54.6 Å². The van der Waals surface area contributed by atoms with Gasteiger partial charge < -0.3 is 14.6 Å². The molecular formula is C41H55N3O3. The third kappa shape index (κ3) is 11.2. The molecule has 0 bridgehead atoms. The fraction of sp³-hybridized carbons (Fsp3) is 0.488. The minimum absolute atomic E-state index is 0.0664. The molecule has 1 aromatic heterocycles. The Hall–Kier alpha value is -3.77. The lowest BCUT2D eigenvalue weighted by Crippen LogP contribution is -2.15. The molecule has 4 rings (SSSR count). The molecule has 0 amide bonds. The van der Waals surface area contributed by atoms with Gasteiger partial charge in [-0.25, -0.2) is 15.0 Å². The number of unbranched alkanes of at least 4 members (excludes halogenated alkanes) is 9. The lowest BCUT2D eigenvalue weighted by atomic mass is 10.0. The normalized spacial score (nSPS) is 12.0. The van der Waals surface area contributed by atoms with Gasteiger partial charge >= 0.3 is 0 Å². The molecule has 1 N–H and O–H groups in total. The molecule has 0 saturated carbocycles. The van der Waals surface area contributed by atoms with Crippen LogP contribution < -0.4 is 4.74 Å². The average molecular weight is 638 g/mol. The van der Waals surface area contributed by atoms with Crippen LogP contribution in [0.3, 0.4) is 0 Å².